The highest BCUT2D eigenvalue weighted by molar-refractivity contribution is 7.21. The van der Waals surface area contributed by atoms with Crippen LogP contribution in [0.25, 0.3) is 10.2 Å². The molecular weight excluding hydrogens is 254 g/mol. The van der Waals surface area contributed by atoms with Gasteiger partial charge in [-0.2, -0.15) is 0 Å². The zero-order chi connectivity index (χ0) is 12.5. The Morgan fingerprint density at radius 1 is 1.39 bits per heavy atom. The van der Waals surface area contributed by atoms with Crippen LogP contribution in [0.5, 0.6) is 0 Å². The standard InChI is InChI=1S/C11H11N3O3S/c15-11(16)8-5-7-9(18-8)10(13-6-12-7)14-1-3-17-4-2-14/h5-6H,1-4H2,(H,15,16). The highest BCUT2D eigenvalue weighted by Gasteiger charge is 2.18. The number of hydrogen-bond acceptors (Lipinski definition) is 6. The molecule has 3 rings (SSSR count). The summed E-state index contributed by atoms with van der Waals surface area (Å²) in [6.45, 7) is 2.88. The number of rotatable bonds is 2. The number of nitrogens with zero attached hydrogens (tertiary/aromatic N) is 3. The minimum absolute atomic E-state index is 0.292. The summed E-state index contributed by atoms with van der Waals surface area (Å²) in [5.74, 6) is -0.119. The fraction of sp³-hybridized carbons (Fsp3) is 0.364. The molecule has 1 aliphatic heterocycles. The van der Waals surface area contributed by atoms with Crippen LogP contribution in [0.15, 0.2) is 12.4 Å². The molecule has 0 aliphatic carbocycles. The predicted octanol–water partition coefficient (Wildman–Crippen LogP) is 1.23. The lowest BCUT2D eigenvalue weighted by Crippen LogP contribution is -2.36. The third-order valence-electron chi connectivity index (χ3n) is 2.81. The van der Waals surface area contributed by atoms with E-state index in [1.165, 1.54) is 17.7 Å². The van der Waals surface area contributed by atoms with Crippen molar-refractivity contribution in [2.45, 2.75) is 0 Å². The van der Waals surface area contributed by atoms with Crippen LogP contribution in [-0.2, 0) is 4.74 Å². The number of ether oxygens (including phenoxy) is 1. The Labute approximate surface area is 107 Å². The summed E-state index contributed by atoms with van der Waals surface area (Å²) >= 11 is 1.22. The molecule has 0 atom stereocenters. The van der Waals surface area contributed by atoms with Gasteiger partial charge in [-0.15, -0.1) is 11.3 Å². The predicted molar refractivity (Wildman–Crippen MR) is 67.4 cm³/mol. The van der Waals surface area contributed by atoms with E-state index in [-0.39, 0.29) is 0 Å². The van der Waals surface area contributed by atoms with Crippen molar-refractivity contribution in [2.24, 2.45) is 0 Å². The normalized spacial score (nSPS) is 16.1. The van der Waals surface area contributed by atoms with Gasteiger partial charge in [-0.3, -0.25) is 0 Å². The Morgan fingerprint density at radius 3 is 2.89 bits per heavy atom. The van der Waals surface area contributed by atoms with E-state index in [9.17, 15) is 4.79 Å². The second kappa shape index (κ2) is 4.51. The molecule has 1 saturated heterocycles. The van der Waals surface area contributed by atoms with Crippen molar-refractivity contribution in [3.05, 3.63) is 17.3 Å². The third kappa shape index (κ3) is 1.91. The lowest BCUT2D eigenvalue weighted by Gasteiger charge is -2.27. The number of thiophene rings is 1. The number of aromatic nitrogens is 2. The first-order valence-electron chi connectivity index (χ1n) is 5.56. The van der Waals surface area contributed by atoms with Gasteiger partial charge in [0.1, 0.15) is 17.0 Å². The molecule has 0 radical (unpaired) electrons. The van der Waals surface area contributed by atoms with Gasteiger partial charge in [-0.05, 0) is 6.07 Å². The summed E-state index contributed by atoms with van der Waals surface area (Å²) < 4.78 is 6.13. The number of hydrogen-bond donors (Lipinski definition) is 1. The summed E-state index contributed by atoms with van der Waals surface area (Å²) in [6.07, 6.45) is 1.48. The van der Waals surface area contributed by atoms with Crippen LogP contribution in [0.3, 0.4) is 0 Å². The van der Waals surface area contributed by atoms with E-state index < -0.39 is 5.97 Å². The van der Waals surface area contributed by atoms with Gasteiger partial charge in [0.15, 0.2) is 0 Å². The smallest absolute Gasteiger partial charge is 0.345 e. The van der Waals surface area contributed by atoms with Crippen molar-refractivity contribution in [2.75, 3.05) is 31.2 Å². The maximum atomic E-state index is 11.0. The molecule has 7 heteroatoms. The molecule has 94 valence electrons. The van der Waals surface area contributed by atoms with Crippen LogP contribution < -0.4 is 4.90 Å². The van der Waals surface area contributed by atoms with E-state index >= 15 is 0 Å². The zero-order valence-corrected chi connectivity index (χ0v) is 10.3. The van der Waals surface area contributed by atoms with Crippen LogP contribution >= 0.6 is 11.3 Å². The van der Waals surface area contributed by atoms with Gasteiger partial charge in [-0.1, -0.05) is 0 Å². The van der Waals surface area contributed by atoms with E-state index in [0.29, 0.717) is 23.6 Å². The van der Waals surface area contributed by atoms with Gasteiger partial charge in [0.2, 0.25) is 0 Å². The summed E-state index contributed by atoms with van der Waals surface area (Å²) in [6, 6.07) is 1.59. The van der Waals surface area contributed by atoms with E-state index in [0.717, 1.165) is 23.6 Å². The molecule has 0 saturated carbocycles. The van der Waals surface area contributed by atoms with Gasteiger partial charge in [-0.25, -0.2) is 14.8 Å². The zero-order valence-electron chi connectivity index (χ0n) is 9.50. The molecule has 0 amide bonds. The fourth-order valence-corrected chi connectivity index (χ4v) is 2.91. The third-order valence-corrected chi connectivity index (χ3v) is 3.92. The van der Waals surface area contributed by atoms with Gasteiger partial charge in [0.05, 0.1) is 23.4 Å². The Hall–Kier alpha value is -1.73. The Morgan fingerprint density at radius 2 is 2.17 bits per heavy atom. The molecule has 6 nitrogen and oxygen atoms in total. The number of carbonyl (C=O) groups is 1. The molecular formula is C11H11N3O3S. The quantitative estimate of drug-likeness (QED) is 0.880. The highest BCUT2D eigenvalue weighted by Crippen LogP contribution is 2.31. The summed E-state index contributed by atoms with van der Waals surface area (Å²) in [4.78, 5) is 21.8. The van der Waals surface area contributed by atoms with Crippen LogP contribution in [0.1, 0.15) is 9.67 Å². The van der Waals surface area contributed by atoms with Crippen molar-refractivity contribution in [3.63, 3.8) is 0 Å². The Bertz CT molecular complexity index is 592. The molecule has 0 spiro atoms. The topological polar surface area (TPSA) is 75.5 Å². The number of carboxylic acids is 1. The van der Waals surface area contributed by atoms with Crippen LogP contribution in [0, 0.1) is 0 Å². The average molecular weight is 265 g/mol. The molecule has 0 aromatic carbocycles. The van der Waals surface area contributed by atoms with Crippen molar-refractivity contribution >= 4 is 33.3 Å². The van der Waals surface area contributed by atoms with E-state index in [1.807, 2.05) is 0 Å². The Balaban J connectivity index is 2.07. The maximum Gasteiger partial charge on any atom is 0.345 e. The molecule has 0 bridgehead atoms. The molecule has 18 heavy (non-hydrogen) atoms. The number of carboxylic acid groups (broad SMARTS) is 1. The minimum atomic E-state index is -0.925. The van der Waals surface area contributed by atoms with Crippen molar-refractivity contribution in [1.82, 2.24) is 9.97 Å². The maximum absolute atomic E-state index is 11.0. The largest absolute Gasteiger partial charge is 0.477 e. The van der Waals surface area contributed by atoms with Gasteiger partial charge in [0.25, 0.3) is 0 Å². The lowest BCUT2D eigenvalue weighted by atomic mass is 10.3. The van der Waals surface area contributed by atoms with Crippen molar-refractivity contribution in [1.29, 1.82) is 0 Å². The number of anilines is 1. The monoisotopic (exact) mass is 265 g/mol. The first kappa shape index (κ1) is 11.4. The number of fused-ring (bicyclic) bond motifs is 1. The van der Waals surface area contributed by atoms with Crippen LogP contribution in [0.4, 0.5) is 5.82 Å². The summed E-state index contributed by atoms with van der Waals surface area (Å²) in [5, 5.41) is 9.02. The fourth-order valence-electron chi connectivity index (χ4n) is 1.95. The van der Waals surface area contributed by atoms with Crippen molar-refractivity contribution < 1.29 is 14.6 Å². The van der Waals surface area contributed by atoms with Gasteiger partial charge < -0.3 is 14.7 Å². The highest BCUT2D eigenvalue weighted by atomic mass is 32.1. The molecule has 0 unspecified atom stereocenters. The summed E-state index contributed by atoms with van der Waals surface area (Å²) in [7, 11) is 0. The van der Waals surface area contributed by atoms with E-state index in [4.69, 9.17) is 9.84 Å². The van der Waals surface area contributed by atoms with Crippen LogP contribution in [-0.4, -0.2) is 47.3 Å². The first-order valence-corrected chi connectivity index (χ1v) is 6.38. The minimum Gasteiger partial charge on any atom is -0.477 e. The van der Waals surface area contributed by atoms with E-state index in [1.54, 1.807) is 6.07 Å². The molecule has 1 aliphatic rings. The Kier molecular flexibility index (Phi) is 2.85. The molecule has 3 heterocycles. The molecule has 2 aromatic heterocycles. The molecule has 2 aromatic rings. The van der Waals surface area contributed by atoms with Crippen LogP contribution in [0.2, 0.25) is 0 Å². The summed E-state index contributed by atoms with van der Waals surface area (Å²) in [5.41, 5.74) is 0.689. The van der Waals surface area contributed by atoms with Gasteiger partial charge >= 0.3 is 5.97 Å². The number of morpholine rings is 1. The first-order chi connectivity index (χ1) is 8.75. The van der Waals surface area contributed by atoms with E-state index in [2.05, 4.69) is 14.9 Å². The second-order valence-corrected chi connectivity index (χ2v) is 4.98. The molecule has 1 N–H and O–H groups in total. The SMILES string of the molecule is O=C(O)c1cc2ncnc(N3CCOCC3)c2s1. The average Bonchev–Trinajstić information content (AvgIpc) is 2.83. The molecule has 1 fully saturated rings. The van der Waals surface area contributed by atoms with Gasteiger partial charge in [0, 0.05) is 13.1 Å². The second-order valence-electron chi connectivity index (χ2n) is 3.93. The van der Waals surface area contributed by atoms with Crippen molar-refractivity contribution in [3.8, 4) is 0 Å². The number of aromatic carboxylic acids is 1. The lowest BCUT2D eigenvalue weighted by molar-refractivity contribution is 0.0702.